The topological polar surface area (TPSA) is 21.8 Å². The Labute approximate surface area is 80.9 Å². The number of methoxy groups -OCH3 is 1. The lowest BCUT2D eigenvalue weighted by atomic mass is 10.1. The molecule has 13 heavy (non-hydrogen) atoms. The Morgan fingerprint density at radius 2 is 2.31 bits per heavy atom. The van der Waals surface area contributed by atoms with E-state index in [9.17, 15) is 0 Å². The number of allylic oxidation sites excluding steroid dienone is 1. The molecule has 0 N–H and O–H groups in total. The molecule has 1 aliphatic rings. The Bertz CT molecular complexity index is 177. The van der Waals surface area contributed by atoms with E-state index in [4.69, 9.17) is 9.47 Å². The van der Waals surface area contributed by atoms with Crippen molar-refractivity contribution in [2.45, 2.75) is 44.8 Å². The molecule has 0 aromatic carbocycles. The molecule has 0 radical (unpaired) electrons. The molecule has 1 saturated heterocycles. The molecule has 0 unspecified atom stereocenters. The SMILES string of the molecule is CCCC/C=C/[C@]1(C)O[C@@H]1COC. The minimum atomic E-state index is -0.0379. The van der Waals surface area contributed by atoms with Crippen molar-refractivity contribution < 1.29 is 9.47 Å². The van der Waals surface area contributed by atoms with Crippen molar-refractivity contribution in [1.29, 1.82) is 0 Å². The van der Waals surface area contributed by atoms with Crippen LogP contribution in [0.1, 0.15) is 33.1 Å². The van der Waals surface area contributed by atoms with E-state index < -0.39 is 0 Å². The quantitative estimate of drug-likeness (QED) is 0.359. The maximum absolute atomic E-state index is 5.51. The van der Waals surface area contributed by atoms with E-state index in [1.807, 2.05) is 0 Å². The van der Waals surface area contributed by atoms with Crippen molar-refractivity contribution in [2.24, 2.45) is 0 Å². The summed E-state index contributed by atoms with van der Waals surface area (Å²) < 4.78 is 10.5. The summed E-state index contributed by atoms with van der Waals surface area (Å²) in [6, 6.07) is 0. The first-order chi connectivity index (χ1) is 6.23. The summed E-state index contributed by atoms with van der Waals surface area (Å²) in [4.78, 5) is 0. The summed E-state index contributed by atoms with van der Waals surface area (Å²) in [6.45, 7) is 5.02. The maximum atomic E-state index is 5.51. The maximum Gasteiger partial charge on any atom is 0.114 e. The summed E-state index contributed by atoms with van der Waals surface area (Å²) in [7, 11) is 1.71. The van der Waals surface area contributed by atoms with E-state index >= 15 is 0 Å². The molecule has 0 amide bonds. The summed E-state index contributed by atoms with van der Waals surface area (Å²) in [5.74, 6) is 0. The molecule has 1 fully saturated rings. The van der Waals surface area contributed by atoms with Gasteiger partial charge >= 0.3 is 0 Å². The first-order valence-electron chi connectivity index (χ1n) is 5.07. The first kappa shape index (κ1) is 10.7. The molecule has 0 aliphatic carbocycles. The van der Waals surface area contributed by atoms with Crippen molar-refractivity contribution in [3.63, 3.8) is 0 Å². The lowest BCUT2D eigenvalue weighted by molar-refractivity contribution is 0.171. The summed E-state index contributed by atoms with van der Waals surface area (Å²) in [5.41, 5.74) is -0.0379. The Balaban J connectivity index is 2.18. The van der Waals surface area contributed by atoms with Crippen LogP contribution in [0.5, 0.6) is 0 Å². The Kier molecular flexibility index (Phi) is 3.94. The van der Waals surface area contributed by atoms with Crippen LogP contribution in [0, 0.1) is 0 Å². The molecule has 0 bridgehead atoms. The fourth-order valence-electron chi connectivity index (χ4n) is 1.41. The number of unbranched alkanes of at least 4 members (excludes halogenated alkanes) is 2. The van der Waals surface area contributed by atoms with Crippen LogP contribution < -0.4 is 0 Å². The third kappa shape index (κ3) is 3.12. The normalized spacial score (nSPS) is 32.7. The van der Waals surface area contributed by atoms with E-state index in [1.54, 1.807) is 7.11 Å². The van der Waals surface area contributed by atoms with Crippen molar-refractivity contribution in [2.75, 3.05) is 13.7 Å². The van der Waals surface area contributed by atoms with E-state index in [0.717, 1.165) is 6.42 Å². The predicted molar refractivity (Wildman–Crippen MR) is 53.8 cm³/mol. The van der Waals surface area contributed by atoms with Gasteiger partial charge in [0.15, 0.2) is 0 Å². The van der Waals surface area contributed by atoms with E-state index in [1.165, 1.54) is 12.8 Å². The van der Waals surface area contributed by atoms with Gasteiger partial charge in [-0.3, -0.25) is 0 Å². The molecular weight excluding hydrogens is 164 g/mol. The van der Waals surface area contributed by atoms with Crippen LogP contribution in [0.25, 0.3) is 0 Å². The monoisotopic (exact) mass is 184 g/mol. The second-order valence-corrected chi connectivity index (χ2v) is 3.79. The van der Waals surface area contributed by atoms with Crippen LogP contribution in [-0.2, 0) is 9.47 Å². The Morgan fingerprint density at radius 3 is 2.92 bits per heavy atom. The Hall–Kier alpha value is -0.340. The molecule has 1 heterocycles. The fraction of sp³-hybridized carbons (Fsp3) is 0.818. The van der Waals surface area contributed by atoms with Gasteiger partial charge in [-0.1, -0.05) is 31.9 Å². The number of hydrogen-bond acceptors (Lipinski definition) is 2. The standard InChI is InChI=1S/C11H20O2/c1-4-5-6-7-8-11(2)10(13-11)9-12-3/h7-8,10H,4-6,9H2,1-3H3/b8-7+/t10-,11+/m1/s1. The van der Waals surface area contributed by atoms with Gasteiger partial charge in [-0.25, -0.2) is 0 Å². The molecule has 0 spiro atoms. The van der Waals surface area contributed by atoms with Gasteiger partial charge in [0.05, 0.1) is 6.61 Å². The van der Waals surface area contributed by atoms with Crippen LogP contribution >= 0.6 is 0 Å². The zero-order chi connectivity index (χ0) is 9.73. The van der Waals surface area contributed by atoms with Gasteiger partial charge in [0.2, 0.25) is 0 Å². The summed E-state index contributed by atoms with van der Waals surface area (Å²) in [6.07, 6.45) is 8.35. The Morgan fingerprint density at radius 1 is 1.54 bits per heavy atom. The second kappa shape index (κ2) is 4.77. The molecule has 76 valence electrons. The van der Waals surface area contributed by atoms with Crippen molar-refractivity contribution >= 4 is 0 Å². The van der Waals surface area contributed by atoms with Crippen LogP contribution in [0.3, 0.4) is 0 Å². The van der Waals surface area contributed by atoms with Crippen LogP contribution in [0.2, 0.25) is 0 Å². The van der Waals surface area contributed by atoms with Gasteiger partial charge in [0.25, 0.3) is 0 Å². The van der Waals surface area contributed by atoms with Gasteiger partial charge < -0.3 is 9.47 Å². The highest BCUT2D eigenvalue weighted by Crippen LogP contribution is 2.37. The van der Waals surface area contributed by atoms with Gasteiger partial charge in [0.1, 0.15) is 11.7 Å². The number of hydrogen-bond donors (Lipinski definition) is 0. The molecule has 0 saturated carbocycles. The highest BCUT2D eigenvalue weighted by Gasteiger charge is 2.49. The van der Waals surface area contributed by atoms with Gasteiger partial charge in [-0.15, -0.1) is 0 Å². The van der Waals surface area contributed by atoms with Crippen molar-refractivity contribution in [3.05, 3.63) is 12.2 Å². The third-order valence-corrected chi connectivity index (χ3v) is 2.47. The van der Waals surface area contributed by atoms with Crippen LogP contribution in [0.15, 0.2) is 12.2 Å². The van der Waals surface area contributed by atoms with Crippen molar-refractivity contribution in [3.8, 4) is 0 Å². The molecular formula is C11H20O2. The molecule has 1 rings (SSSR count). The zero-order valence-corrected chi connectivity index (χ0v) is 8.88. The minimum Gasteiger partial charge on any atom is -0.382 e. The molecule has 2 heteroatoms. The minimum absolute atomic E-state index is 0.0379. The smallest absolute Gasteiger partial charge is 0.114 e. The second-order valence-electron chi connectivity index (χ2n) is 3.79. The van der Waals surface area contributed by atoms with E-state index in [0.29, 0.717) is 6.61 Å². The number of ether oxygens (including phenoxy) is 2. The van der Waals surface area contributed by atoms with Gasteiger partial charge in [-0.05, 0) is 13.3 Å². The molecule has 2 atom stereocenters. The van der Waals surface area contributed by atoms with Gasteiger partial charge in [0, 0.05) is 7.11 Å². The molecule has 1 aliphatic heterocycles. The largest absolute Gasteiger partial charge is 0.382 e. The predicted octanol–water partition coefficient (Wildman–Crippen LogP) is 2.54. The highest BCUT2D eigenvalue weighted by molar-refractivity contribution is 5.13. The first-order valence-corrected chi connectivity index (χ1v) is 5.07. The van der Waals surface area contributed by atoms with E-state index in [2.05, 4.69) is 26.0 Å². The fourth-order valence-corrected chi connectivity index (χ4v) is 1.41. The number of epoxide rings is 1. The molecule has 0 aromatic rings. The summed E-state index contributed by atoms with van der Waals surface area (Å²) >= 11 is 0. The van der Waals surface area contributed by atoms with Crippen LogP contribution in [-0.4, -0.2) is 25.4 Å². The molecule has 2 nitrogen and oxygen atoms in total. The lowest BCUT2D eigenvalue weighted by Gasteiger charge is -1.97. The lowest BCUT2D eigenvalue weighted by Crippen LogP contribution is -2.10. The summed E-state index contributed by atoms with van der Waals surface area (Å²) in [5, 5.41) is 0. The van der Waals surface area contributed by atoms with Crippen molar-refractivity contribution in [1.82, 2.24) is 0 Å². The van der Waals surface area contributed by atoms with Crippen LogP contribution in [0.4, 0.5) is 0 Å². The number of rotatable bonds is 6. The van der Waals surface area contributed by atoms with E-state index in [-0.39, 0.29) is 11.7 Å². The van der Waals surface area contributed by atoms with Gasteiger partial charge in [-0.2, -0.15) is 0 Å². The highest BCUT2D eigenvalue weighted by atomic mass is 16.6. The zero-order valence-electron chi connectivity index (χ0n) is 8.88. The third-order valence-electron chi connectivity index (χ3n) is 2.47. The average Bonchev–Trinajstić information content (AvgIpc) is 2.73. The average molecular weight is 184 g/mol. The molecule has 0 aromatic heterocycles.